The van der Waals surface area contributed by atoms with E-state index in [-0.39, 0.29) is 5.91 Å². The fourth-order valence-electron chi connectivity index (χ4n) is 2.54. The van der Waals surface area contributed by atoms with Gasteiger partial charge in [0, 0.05) is 18.7 Å². The average Bonchev–Trinajstić information content (AvgIpc) is 2.48. The Morgan fingerprint density at radius 1 is 1.30 bits per heavy atom. The Kier molecular flexibility index (Phi) is 5.70. The Morgan fingerprint density at radius 2 is 2.00 bits per heavy atom. The minimum Gasteiger partial charge on any atom is -0.339 e. The molecule has 0 atom stereocenters. The second kappa shape index (κ2) is 7.30. The Morgan fingerprint density at radius 3 is 2.60 bits per heavy atom. The number of carbonyl (C=O) groups excluding carboxylic acids is 1. The first-order chi connectivity index (χ1) is 9.61. The highest BCUT2D eigenvalue weighted by molar-refractivity contribution is 6.42. The number of halogens is 2. The summed E-state index contributed by atoms with van der Waals surface area (Å²) in [5, 5.41) is 4.25. The molecule has 1 amide bonds. The van der Waals surface area contributed by atoms with Crippen LogP contribution in [0.3, 0.4) is 0 Å². The standard InChI is InChI=1S/C15H20Cl2N2O/c1-2-19(10-11-5-7-18-8-6-11)15(20)12-3-4-13(16)14(17)9-12/h3-4,9,11,18H,2,5-8,10H2,1H3. The van der Waals surface area contributed by atoms with Crippen LogP contribution in [0.4, 0.5) is 0 Å². The molecule has 0 aliphatic carbocycles. The number of benzene rings is 1. The van der Waals surface area contributed by atoms with Gasteiger partial charge in [-0.1, -0.05) is 23.2 Å². The van der Waals surface area contributed by atoms with Crippen molar-refractivity contribution in [2.24, 2.45) is 5.92 Å². The van der Waals surface area contributed by atoms with Crippen molar-refractivity contribution in [3.05, 3.63) is 33.8 Å². The van der Waals surface area contributed by atoms with Gasteiger partial charge in [-0.25, -0.2) is 0 Å². The summed E-state index contributed by atoms with van der Waals surface area (Å²) in [7, 11) is 0. The molecule has 1 N–H and O–H groups in total. The molecule has 0 bridgehead atoms. The van der Waals surface area contributed by atoms with Gasteiger partial charge < -0.3 is 10.2 Å². The molecule has 1 aliphatic rings. The van der Waals surface area contributed by atoms with Crippen molar-refractivity contribution in [3.8, 4) is 0 Å². The summed E-state index contributed by atoms with van der Waals surface area (Å²) >= 11 is 11.9. The molecular weight excluding hydrogens is 295 g/mol. The molecule has 0 saturated carbocycles. The molecule has 0 aromatic heterocycles. The molecule has 3 nitrogen and oxygen atoms in total. The SMILES string of the molecule is CCN(CC1CCNCC1)C(=O)c1ccc(Cl)c(Cl)c1. The molecule has 1 heterocycles. The third kappa shape index (κ3) is 3.87. The van der Waals surface area contributed by atoms with Gasteiger partial charge >= 0.3 is 0 Å². The summed E-state index contributed by atoms with van der Waals surface area (Å²) in [5.41, 5.74) is 0.607. The molecular formula is C15H20Cl2N2O. The summed E-state index contributed by atoms with van der Waals surface area (Å²) in [6.45, 7) is 5.63. The maximum absolute atomic E-state index is 12.5. The van der Waals surface area contributed by atoms with Crippen molar-refractivity contribution in [3.63, 3.8) is 0 Å². The first-order valence-corrected chi connectivity index (χ1v) is 7.82. The van der Waals surface area contributed by atoms with E-state index in [1.165, 1.54) is 0 Å². The van der Waals surface area contributed by atoms with Gasteiger partial charge in [-0.2, -0.15) is 0 Å². The molecule has 1 aliphatic heterocycles. The fourth-order valence-corrected chi connectivity index (χ4v) is 2.84. The number of amides is 1. The number of rotatable bonds is 4. The van der Waals surface area contributed by atoms with Gasteiger partial charge in [0.05, 0.1) is 10.0 Å². The van der Waals surface area contributed by atoms with E-state index < -0.39 is 0 Å². The summed E-state index contributed by atoms with van der Waals surface area (Å²) in [6, 6.07) is 5.06. The Labute approximate surface area is 130 Å². The molecule has 1 saturated heterocycles. The van der Waals surface area contributed by atoms with E-state index in [9.17, 15) is 4.79 Å². The van der Waals surface area contributed by atoms with Gasteiger partial charge in [-0.3, -0.25) is 4.79 Å². The van der Waals surface area contributed by atoms with Crippen molar-refractivity contribution in [1.82, 2.24) is 10.2 Å². The van der Waals surface area contributed by atoms with E-state index in [0.29, 0.717) is 28.1 Å². The predicted molar refractivity (Wildman–Crippen MR) is 83.6 cm³/mol. The zero-order valence-corrected chi connectivity index (χ0v) is 13.2. The Balaban J connectivity index is 2.05. The van der Waals surface area contributed by atoms with Gasteiger partial charge in [-0.15, -0.1) is 0 Å². The molecule has 110 valence electrons. The zero-order chi connectivity index (χ0) is 14.5. The normalized spacial score (nSPS) is 16.1. The van der Waals surface area contributed by atoms with Gasteiger partial charge in [0.1, 0.15) is 0 Å². The molecule has 1 aromatic carbocycles. The number of nitrogens with one attached hydrogen (secondary N) is 1. The summed E-state index contributed by atoms with van der Waals surface area (Å²) in [5.74, 6) is 0.618. The maximum atomic E-state index is 12.5. The third-order valence-electron chi connectivity index (χ3n) is 3.77. The lowest BCUT2D eigenvalue weighted by Crippen LogP contribution is -2.39. The van der Waals surface area contributed by atoms with Gasteiger partial charge in [0.25, 0.3) is 5.91 Å². The highest BCUT2D eigenvalue weighted by Crippen LogP contribution is 2.24. The van der Waals surface area contributed by atoms with Gasteiger partial charge in [0.2, 0.25) is 0 Å². The molecule has 2 rings (SSSR count). The van der Waals surface area contributed by atoms with E-state index in [0.717, 1.165) is 32.5 Å². The minimum atomic E-state index is 0.0320. The van der Waals surface area contributed by atoms with Crippen LogP contribution in [0.25, 0.3) is 0 Å². The lowest BCUT2D eigenvalue weighted by molar-refractivity contribution is 0.0727. The van der Waals surface area contributed by atoms with Crippen molar-refractivity contribution in [2.75, 3.05) is 26.2 Å². The topological polar surface area (TPSA) is 32.3 Å². The highest BCUT2D eigenvalue weighted by Gasteiger charge is 2.21. The van der Waals surface area contributed by atoms with Crippen LogP contribution in [0.5, 0.6) is 0 Å². The van der Waals surface area contributed by atoms with E-state index >= 15 is 0 Å². The zero-order valence-electron chi connectivity index (χ0n) is 11.7. The quantitative estimate of drug-likeness (QED) is 0.923. The predicted octanol–water partition coefficient (Wildman–Crippen LogP) is 3.46. The Hall–Kier alpha value is -0.770. The smallest absolute Gasteiger partial charge is 0.253 e. The molecule has 1 fully saturated rings. The second-order valence-electron chi connectivity index (χ2n) is 5.17. The number of hydrogen-bond donors (Lipinski definition) is 1. The van der Waals surface area contributed by atoms with Crippen molar-refractivity contribution in [1.29, 1.82) is 0 Å². The van der Waals surface area contributed by atoms with Gasteiger partial charge in [-0.05, 0) is 57.0 Å². The van der Waals surface area contributed by atoms with Crippen LogP contribution < -0.4 is 5.32 Å². The van der Waals surface area contributed by atoms with E-state index in [1.807, 2.05) is 11.8 Å². The van der Waals surface area contributed by atoms with E-state index in [1.54, 1.807) is 18.2 Å². The van der Waals surface area contributed by atoms with Crippen molar-refractivity contribution in [2.45, 2.75) is 19.8 Å². The minimum absolute atomic E-state index is 0.0320. The molecule has 1 aromatic rings. The first kappa shape index (κ1) is 15.6. The van der Waals surface area contributed by atoms with Gasteiger partial charge in [0.15, 0.2) is 0 Å². The molecule has 0 spiro atoms. The number of carbonyl (C=O) groups is 1. The lowest BCUT2D eigenvalue weighted by Gasteiger charge is -2.29. The summed E-state index contributed by atoms with van der Waals surface area (Å²) < 4.78 is 0. The molecule has 5 heteroatoms. The largest absolute Gasteiger partial charge is 0.339 e. The van der Waals surface area contributed by atoms with E-state index in [2.05, 4.69) is 5.32 Å². The molecule has 0 radical (unpaired) electrons. The average molecular weight is 315 g/mol. The van der Waals surface area contributed by atoms with Crippen molar-refractivity contribution >= 4 is 29.1 Å². The molecule has 20 heavy (non-hydrogen) atoms. The van der Waals surface area contributed by atoms with E-state index in [4.69, 9.17) is 23.2 Å². The molecule has 0 unspecified atom stereocenters. The monoisotopic (exact) mass is 314 g/mol. The second-order valence-corrected chi connectivity index (χ2v) is 5.98. The van der Waals surface area contributed by atoms with Crippen molar-refractivity contribution < 1.29 is 4.79 Å². The van der Waals surface area contributed by atoms with Crippen LogP contribution >= 0.6 is 23.2 Å². The fraction of sp³-hybridized carbons (Fsp3) is 0.533. The Bertz CT molecular complexity index is 473. The van der Waals surface area contributed by atoms with Crippen LogP contribution in [0.2, 0.25) is 10.0 Å². The van der Waals surface area contributed by atoms with Crippen LogP contribution in [0, 0.1) is 5.92 Å². The lowest BCUT2D eigenvalue weighted by atomic mass is 9.97. The number of nitrogens with zero attached hydrogens (tertiary/aromatic N) is 1. The number of hydrogen-bond acceptors (Lipinski definition) is 2. The number of piperidine rings is 1. The third-order valence-corrected chi connectivity index (χ3v) is 4.51. The first-order valence-electron chi connectivity index (χ1n) is 7.07. The van der Waals surface area contributed by atoms with Crippen LogP contribution in [-0.4, -0.2) is 37.0 Å². The van der Waals surface area contributed by atoms with Crippen LogP contribution in [0.1, 0.15) is 30.1 Å². The summed E-state index contributed by atoms with van der Waals surface area (Å²) in [4.78, 5) is 14.4. The summed E-state index contributed by atoms with van der Waals surface area (Å²) in [6.07, 6.45) is 2.26. The van der Waals surface area contributed by atoms with Crippen LogP contribution in [0.15, 0.2) is 18.2 Å². The maximum Gasteiger partial charge on any atom is 0.253 e. The van der Waals surface area contributed by atoms with Crippen LogP contribution in [-0.2, 0) is 0 Å². The highest BCUT2D eigenvalue weighted by atomic mass is 35.5.